The van der Waals surface area contributed by atoms with E-state index in [2.05, 4.69) is 32.3 Å². The van der Waals surface area contributed by atoms with E-state index in [0.29, 0.717) is 13.1 Å². The monoisotopic (exact) mass is 433 g/mol. The van der Waals surface area contributed by atoms with Crippen LogP contribution in [0.25, 0.3) is 11.0 Å². The number of anilines is 1. The van der Waals surface area contributed by atoms with Gasteiger partial charge >= 0.3 is 5.69 Å². The normalized spacial score (nSPS) is 16.0. The first kappa shape index (κ1) is 20.5. The van der Waals surface area contributed by atoms with Crippen molar-refractivity contribution in [2.75, 3.05) is 18.0 Å². The number of aromatic nitrogens is 3. The Morgan fingerprint density at radius 2 is 1.88 bits per heavy atom. The lowest BCUT2D eigenvalue weighted by molar-refractivity contribution is 0.0952. The van der Waals surface area contributed by atoms with Crippen molar-refractivity contribution in [3.63, 3.8) is 0 Å². The third kappa shape index (κ3) is 3.81. The fraction of sp³-hybridized carbons (Fsp3) is 0.417. The van der Waals surface area contributed by atoms with Gasteiger partial charge in [-0.2, -0.15) is 0 Å². The molecule has 0 radical (unpaired) electrons. The fourth-order valence-electron chi connectivity index (χ4n) is 4.43. The number of aromatic amines is 1. The molecule has 1 saturated carbocycles. The van der Waals surface area contributed by atoms with Gasteiger partial charge in [0, 0.05) is 43.5 Å². The van der Waals surface area contributed by atoms with Crippen LogP contribution in [0.4, 0.5) is 5.69 Å². The molecule has 8 nitrogen and oxygen atoms in total. The summed E-state index contributed by atoms with van der Waals surface area (Å²) in [6, 6.07) is 9.94. The predicted molar refractivity (Wildman–Crippen MR) is 123 cm³/mol. The highest BCUT2D eigenvalue weighted by Crippen LogP contribution is 2.39. The van der Waals surface area contributed by atoms with Crippen molar-refractivity contribution >= 4 is 22.6 Å². The van der Waals surface area contributed by atoms with Crippen molar-refractivity contribution < 1.29 is 4.79 Å². The van der Waals surface area contributed by atoms with Crippen molar-refractivity contribution in [3.8, 4) is 0 Å². The third-order valence-electron chi connectivity index (χ3n) is 6.39. The fourth-order valence-corrected chi connectivity index (χ4v) is 4.43. The van der Waals surface area contributed by atoms with Crippen LogP contribution in [0.1, 0.15) is 60.1 Å². The first-order valence-corrected chi connectivity index (χ1v) is 11.3. The average molecular weight is 434 g/mol. The second-order valence-corrected chi connectivity index (χ2v) is 8.61. The van der Waals surface area contributed by atoms with Gasteiger partial charge in [0.2, 0.25) is 0 Å². The van der Waals surface area contributed by atoms with Crippen LogP contribution < -0.4 is 21.5 Å². The number of hydrogen-bond donors (Lipinski definition) is 2. The second-order valence-electron chi connectivity index (χ2n) is 8.61. The molecule has 1 aliphatic carbocycles. The van der Waals surface area contributed by atoms with Gasteiger partial charge in [-0.25, -0.2) is 9.78 Å². The number of fused-ring (bicyclic) bond motifs is 1. The molecule has 0 spiro atoms. The molecular weight excluding hydrogens is 406 g/mol. The van der Waals surface area contributed by atoms with Gasteiger partial charge < -0.3 is 10.2 Å². The number of H-pyrrole nitrogens is 1. The summed E-state index contributed by atoms with van der Waals surface area (Å²) in [5.41, 5.74) is 2.43. The number of carbonyl (C=O) groups excluding carboxylic acids is 1. The van der Waals surface area contributed by atoms with Gasteiger partial charge in [0.05, 0.1) is 10.9 Å². The number of pyridine rings is 1. The Bertz CT molecular complexity index is 1280. The minimum atomic E-state index is -0.579. The summed E-state index contributed by atoms with van der Waals surface area (Å²) >= 11 is 0. The van der Waals surface area contributed by atoms with E-state index >= 15 is 0 Å². The minimum Gasteiger partial charge on any atom is -0.372 e. The van der Waals surface area contributed by atoms with Crippen LogP contribution in [0.15, 0.2) is 39.9 Å². The Morgan fingerprint density at radius 3 is 2.53 bits per heavy atom. The van der Waals surface area contributed by atoms with Crippen molar-refractivity contribution in [1.29, 1.82) is 0 Å². The van der Waals surface area contributed by atoms with Crippen molar-refractivity contribution in [1.82, 2.24) is 19.9 Å². The van der Waals surface area contributed by atoms with E-state index in [-0.39, 0.29) is 28.4 Å². The van der Waals surface area contributed by atoms with Gasteiger partial charge in [0.25, 0.3) is 11.5 Å². The van der Waals surface area contributed by atoms with Crippen LogP contribution in [0, 0.1) is 0 Å². The molecule has 1 aromatic carbocycles. The van der Waals surface area contributed by atoms with E-state index in [0.717, 1.165) is 37.2 Å². The molecular formula is C24H27N5O3. The lowest BCUT2D eigenvalue weighted by Crippen LogP contribution is -2.33. The molecule has 1 saturated heterocycles. The lowest BCUT2D eigenvalue weighted by Gasteiger charge is -2.17. The zero-order chi connectivity index (χ0) is 22.2. The molecule has 8 heteroatoms. The van der Waals surface area contributed by atoms with E-state index in [1.807, 2.05) is 19.1 Å². The summed E-state index contributed by atoms with van der Waals surface area (Å²) in [4.78, 5) is 47.3. The highest BCUT2D eigenvalue weighted by Gasteiger charge is 2.28. The van der Waals surface area contributed by atoms with E-state index in [4.69, 9.17) is 0 Å². The largest absolute Gasteiger partial charge is 0.372 e. The summed E-state index contributed by atoms with van der Waals surface area (Å²) in [6.07, 6.45) is 4.46. The smallest absolute Gasteiger partial charge is 0.329 e. The molecule has 2 aliphatic rings. The Hall–Kier alpha value is -3.42. The molecule has 2 fully saturated rings. The lowest BCUT2D eigenvalue weighted by atomic mass is 10.1. The highest BCUT2D eigenvalue weighted by atomic mass is 16.2. The Balaban J connectivity index is 1.44. The molecule has 2 aromatic heterocycles. The van der Waals surface area contributed by atoms with Gasteiger partial charge in [-0.15, -0.1) is 0 Å². The highest BCUT2D eigenvalue weighted by molar-refractivity contribution is 6.05. The van der Waals surface area contributed by atoms with Crippen LogP contribution in [-0.2, 0) is 13.1 Å². The molecule has 3 aromatic rings. The maximum absolute atomic E-state index is 13.2. The number of carbonyl (C=O) groups is 1. The summed E-state index contributed by atoms with van der Waals surface area (Å²) in [7, 11) is 0. The number of nitrogens with zero attached hydrogens (tertiary/aromatic N) is 3. The molecule has 0 bridgehead atoms. The van der Waals surface area contributed by atoms with Gasteiger partial charge in [-0.05, 0) is 56.4 Å². The number of rotatable bonds is 6. The standard InChI is InChI=1S/C24H27N5O3/c1-2-29-21-20(23(31)27-24(29)32)18(13-19(26-21)16-7-8-16)22(30)25-14-15-5-9-17(10-6-15)28-11-3-4-12-28/h5-6,9-10,13,16H,2-4,7-8,11-12,14H2,1H3,(H,25,30)(H,27,31,32). The topological polar surface area (TPSA) is 100 Å². The number of hydrogen-bond acceptors (Lipinski definition) is 5. The maximum atomic E-state index is 13.2. The molecule has 32 heavy (non-hydrogen) atoms. The predicted octanol–water partition coefficient (Wildman–Crippen LogP) is 2.51. The third-order valence-corrected chi connectivity index (χ3v) is 6.39. The molecule has 2 N–H and O–H groups in total. The van der Waals surface area contributed by atoms with Gasteiger partial charge in [0.15, 0.2) is 5.65 Å². The van der Waals surface area contributed by atoms with E-state index < -0.39 is 11.2 Å². The summed E-state index contributed by atoms with van der Waals surface area (Å²) in [6.45, 7) is 4.71. The van der Waals surface area contributed by atoms with Crippen LogP contribution in [0.2, 0.25) is 0 Å². The Kier molecular flexibility index (Phi) is 5.28. The second kappa shape index (κ2) is 8.26. The average Bonchev–Trinajstić information content (AvgIpc) is 3.51. The molecule has 5 rings (SSSR count). The van der Waals surface area contributed by atoms with Gasteiger partial charge in [-0.3, -0.25) is 19.1 Å². The van der Waals surface area contributed by atoms with Crippen LogP contribution >= 0.6 is 0 Å². The molecule has 3 heterocycles. The van der Waals surface area contributed by atoms with E-state index in [1.165, 1.54) is 23.1 Å². The molecule has 166 valence electrons. The quantitative estimate of drug-likeness (QED) is 0.622. The number of aryl methyl sites for hydroxylation is 1. The van der Waals surface area contributed by atoms with E-state index in [1.54, 1.807) is 6.07 Å². The van der Waals surface area contributed by atoms with Crippen LogP contribution in [0.3, 0.4) is 0 Å². The Morgan fingerprint density at radius 1 is 1.16 bits per heavy atom. The van der Waals surface area contributed by atoms with Gasteiger partial charge in [0.1, 0.15) is 0 Å². The van der Waals surface area contributed by atoms with E-state index in [9.17, 15) is 14.4 Å². The number of benzene rings is 1. The maximum Gasteiger partial charge on any atom is 0.329 e. The zero-order valence-electron chi connectivity index (χ0n) is 18.2. The minimum absolute atomic E-state index is 0.165. The van der Waals surface area contributed by atoms with Crippen molar-refractivity contribution in [2.24, 2.45) is 0 Å². The Labute approximate surface area is 185 Å². The molecule has 1 amide bonds. The van der Waals surface area contributed by atoms with Gasteiger partial charge in [-0.1, -0.05) is 12.1 Å². The summed E-state index contributed by atoms with van der Waals surface area (Å²) in [5.74, 6) is -0.0569. The molecule has 0 atom stereocenters. The first-order valence-electron chi connectivity index (χ1n) is 11.3. The molecule has 1 aliphatic heterocycles. The SMILES string of the molecule is CCn1c(=O)[nH]c(=O)c2c(C(=O)NCc3ccc(N4CCCC4)cc3)cc(C3CC3)nc21. The van der Waals surface area contributed by atoms with Crippen LogP contribution in [0.5, 0.6) is 0 Å². The van der Waals surface area contributed by atoms with Crippen LogP contribution in [-0.4, -0.2) is 33.5 Å². The number of nitrogens with one attached hydrogen (secondary N) is 2. The first-order chi connectivity index (χ1) is 15.5. The van der Waals surface area contributed by atoms with Crippen molar-refractivity contribution in [3.05, 3.63) is 68.0 Å². The molecule has 0 unspecified atom stereocenters. The summed E-state index contributed by atoms with van der Waals surface area (Å²) in [5, 5.41) is 3.11. The number of amides is 1. The van der Waals surface area contributed by atoms with Crippen molar-refractivity contribution in [2.45, 2.75) is 51.6 Å². The zero-order valence-corrected chi connectivity index (χ0v) is 18.2. The summed E-state index contributed by atoms with van der Waals surface area (Å²) < 4.78 is 1.41.